The number of furan rings is 2. The van der Waals surface area contributed by atoms with Gasteiger partial charge in [-0.2, -0.15) is 13.8 Å². The highest BCUT2D eigenvalue weighted by Crippen LogP contribution is 2.52. The minimum Gasteiger partial charge on any atom is -0.403 e. The second-order valence-electron chi connectivity index (χ2n) is 8.19. The number of rotatable bonds is 12. The number of hydrogen-bond acceptors (Lipinski definition) is 14. The molecule has 1 aliphatic heterocycles. The normalized spacial score (nSPS) is 20.6. The molecule has 1 saturated heterocycles. The highest BCUT2D eigenvalue weighted by Gasteiger charge is 2.60. The molecule has 3 aromatic rings. The second-order valence-corrected chi connectivity index (χ2v) is 9.86. The van der Waals surface area contributed by atoms with E-state index in [1.165, 1.54) is 13.0 Å². The van der Waals surface area contributed by atoms with Crippen LogP contribution in [0.25, 0.3) is 0 Å². The summed E-state index contributed by atoms with van der Waals surface area (Å²) in [7, 11) is -4.78. The Morgan fingerprint density at radius 3 is 2.08 bits per heavy atom. The van der Waals surface area contributed by atoms with Gasteiger partial charge < -0.3 is 18.7 Å². The van der Waals surface area contributed by atoms with Gasteiger partial charge in [0, 0.05) is 11.9 Å². The minimum absolute atomic E-state index is 0.192. The quantitative estimate of drug-likeness (QED) is 0.181. The van der Waals surface area contributed by atoms with Crippen molar-refractivity contribution in [1.29, 1.82) is 0 Å². The molecule has 20 heteroatoms. The van der Waals surface area contributed by atoms with E-state index in [2.05, 4.69) is 4.98 Å². The summed E-state index contributed by atoms with van der Waals surface area (Å²) in [5.41, 5.74) is -0.821. The molecule has 40 heavy (non-hydrogen) atoms. The van der Waals surface area contributed by atoms with E-state index < -0.39 is 79.3 Å². The molecule has 17 nitrogen and oxygen atoms in total. The molecule has 0 amide bonds. The summed E-state index contributed by atoms with van der Waals surface area (Å²) in [6.45, 7) is -0.999. The Balaban J connectivity index is 1.49. The van der Waals surface area contributed by atoms with Crippen LogP contribution >= 0.6 is 7.82 Å². The summed E-state index contributed by atoms with van der Waals surface area (Å²) >= 11 is 0. The molecule has 0 spiro atoms. The number of phosphoric ester groups is 1. The molecule has 3 atom stereocenters. The van der Waals surface area contributed by atoms with Crippen molar-refractivity contribution >= 4 is 19.6 Å². The second kappa shape index (κ2) is 11.3. The molecule has 0 saturated carbocycles. The Bertz CT molecular complexity index is 1440. The first-order valence-electron chi connectivity index (χ1n) is 11.1. The van der Waals surface area contributed by atoms with Gasteiger partial charge in [0.05, 0.1) is 18.7 Å². The summed E-state index contributed by atoms with van der Waals surface area (Å²) in [5, 5.41) is 31.8. The molecular weight excluding hydrogens is 573 g/mol. The molecule has 1 aliphatic rings. The van der Waals surface area contributed by atoms with Gasteiger partial charge in [0.1, 0.15) is 40.7 Å². The molecule has 3 aromatic heterocycles. The molecule has 216 valence electrons. The van der Waals surface area contributed by atoms with Crippen molar-refractivity contribution in [1.82, 2.24) is 9.55 Å². The fourth-order valence-electron chi connectivity index (χ4n) is 3.43. The van der Waals surface area contributed by atoms with Gasteiger partial charge in [0.25, 0.3) is 0 Å². The van der Waals surface area contributed by atoms with Crippen molar-refractivity contribution in [3.63, 3.8) is 0 Å². The van der Waals surface area contributed by atoms with Gasteiger partial charge in [-0.05, 0) is 25.1 Å². The third kappa shape index (κ3) is 6.30. The number of aromatic nitrogens is 2. The minimum atomic E-state index is -4.78. The van der Waals surface area contributed by atoms with E-state index in [1.807, 2.05) is 0 Å². The highest BCUT2D eigenvalue weighted by molar-refractivity contribution is 7.48. The average molecular weight is 592 g/mol. The third-order valence-electron chi connectivity index (χ3n) is 5.38. The number of phosphoric acid groups is 1. The van der Waals surface area contributed by atoms with Crippen LogP contribution < -0.4 is 5.69 Å². The van der Waals surface area contributed by atoms with E-state index in [-0.39, 0.29) is 17.2 Å². The van der Waals surface area contributed by atoms with Crippen LogP contribution in [0.15, 0.2) is 50.2 Å². The summed E-state index contributed by atoms with van der Waals surface area (Å²) in [4.78, 5) is 35.6. The van der Waals surface area contributed by atoms with Gasteiger partial charge in [-0.15, -0.1) is 0 Å². The van der Waals surface area contributed by atoms with Gasteiger partial charge in [-0.25, -0.2) is 9.36 Å². The first-order chi connectivity index (χ1) is 18.8. The van der Waals surface area contributed by atoms with Crippen molar-refractivity contribution in [2.75, 3.05) is 6.61 Å². The number of nitrogens with zero attached hydrogens (tertiary/aromatic N) is 4. The Morgan fingerprint density at radius 1 is 1.05 bits per heavy atom. The molecule has 0 radical (unpaired) electrons. The molecule has 1 fully saturated rings. The Morgan fingerprint density at radius 2 is 1.60 bits per heavy atom. The number of halogens is 2. The first-order valence-corrected chi connectivity index (χ1v) is 12.5. The Hall–Kier alpha value is -3.87. The van der Waals surface area contributed by atoms with Crippen LogP contribution in [0.3, 0.4) is 0 Å². The maximum atomic E-state index is 14.8. The highest BCUT2D eigenvalue weighted by atomic mass is 31.2. The number of alkyl halides is 2. The van der Waals surface area contributed by atoms with Crippen molar-refractivity contribution in [3.8, 4) is 0 Å². The lowest BCUT2D eigenvalue weighted by molar-refractivity contribution is -0.402. The van der Waals surface area contributed by atoms with Crippen molar-refractivity contribution < 1.29 is 55.4 Å². The van der Waals surface area contributed by atoms with E-state index in [9.17, 15) is 43.5 Å². The molecule has 0 bridgehead atoms. The number of ether oxygens (including phenoxy) is 1. The van der Waals surface area contributed by atoms with Gasteiger partial charge in [-0.3, -0.25) is 38.4 Å². The van der Waals surface area contributed by atoms with E-state index in [0.717, 1.165) is 30.5 Å². The van der Waals surface area contributed by atoms with Crippen LogP contribution in [0.4, 0.5) is 20.5 Å². The SMILES string of the molecule is Cc1ccn([C@@H]2O[C@H](COP(=O)(OCc3ccc([N+](=O)[O-])o3)OCc3ccc([N+](=O)[O-])o3)[C@@H](O)C2(F)F)c(=O)n1. The average Bonchev–Trinajstić information content (AvgIpc) is 3.61. The van der Waals surface area contributed by atoms with Crippen molar-refractivity contribution in [2.24, 2.45) is 0 Å². The maximum absolute atomic E-state index is 14.8. The molecular formula is C20H19F2N4O13P. The summed E-state index contributed by atoms with van der Waals surface area (Å²) in [5.74, 6) is -5.71. The largest absolute Gasteiger partial charge is 0.475 e. The van der Waals surface area contributed by atoms with E-state index in [4.69, 9.17) is 27.1 Å². The molecule has 0 aliphatic carbocycles. The lowest BCUT2D eigenvalue weighted by atomic mass is 10.1. The van der Waals surface area contributed by atoms with E-state index in [1.54, 1.807) is 0 Å². The van der Waals surface area contributed by atoms with Crippen LogP contribution in [-0.2, 0) is 36.1 Å². The van der Waals surface area contributed by atoms with E-state index >= 15 is 0 Å². The zero-order chi connectivity index (χ0) is 29.2. The number of aryl methyl sites for hydroxylation is 1. The lowest BCUT2D eigenvalue weighted by Gasteiger charge is -2.21. The van der Waals surface area contributed by atoms with Crippen LogP contribution in [0.5, 0.6) is 0 Å². The summed E-state index contributed by atoms with van der Waals surface area (Å²) < 4.78 is 73.7. The monoisotopic (exact) mass is 592 g/mol. The Labute approximate surface area is 220 Å². The van der Waals surface area contributed by atoms with Gasteiger partial charge in [0.2, 0.25) is 6.23 Å². The maximum Gasteiger partial charge on any atom is 0.475 e. The zero-order valence-corrected chi connectivity index (χ0v) is 21.1. The predicted octanol–water partition coefficient (Wildman–Crippen LogP) is 3.01. The molecule has 4 rings (SSSR count). The number of aliphatic hydroxyl groups is 1. The molecule has 1 N–H and O–H groups in total. The predicted molar refractivity (Wildman–Crippen MR) is 122 cm³/mol. The van der Waals surface area contributed by atoms with Crippen LogP contribution in [0.2, 0.25) is 0 Å². The molecule has 0 unspecified atom stereocenters. The van der Waals surface area contributed by atoms with Crippen LogP contribution in [0.1, 0.15) is 23.4 Å². The first kappa shape index (κ1) is 29.1. The van der Waals surface area contributed by atoms with Crippen LogP contribution in [-0.4, -0.2) is 49.2 Å². The van der Waals surface area contributed by atoms with Gasteiger partial charge in [-0.1, -0.05) is 0 Å². The fourth-order valence-corrected chi connectivity index (χ4v) is 4.55. The molecule has 0 aromatic carbocycles. The number of hydrogen-bond donors (Lipinski definition) is 1. The van der Waals surface area contributed by atoms with E-state index in [0.29, 0.717) is 4.57 Å². The van der Waals surface area contributed by atoms with Gasteiger partial charge in [0.15, 0.2) is 6.10 Å². The van der Waals surface area contributed by atoms with Gasteiger partial charge >= 0.3 is 31.2 Å². The number of aliphatic hydroxyl groups excluding tert-OH is 1. The smallest absolute Gasteiger partial charge is 0.403 e. The molecule has 4 heterocycles. The van der Waals surface area contributed by atoms with Crippen molar-refractivity contribution in [3.05, 3.63) is 84.5 Å². The zero-order valence-electron chi connectivity index (χ0n) is 20.2. The third-order valence-corrected chi connectivity index (χ3v) is 6.74. The lowest BCUT2D eigenvalue weighted by Crippen LogP contribution is -2.42. The fraction of sp³-hybridized carbons (Fsp3) is 0.400. The summed E-state index contributed by atoms with van der Waals surface area (Å²) in [6, 6.07) is 5.49. The standard InChI is InChI=1S/C20H19F2N4O13P/c1-11-6-7-24(19(28)23-11)18-20(21,22)17(27)14(39-18)10-36-40(33,34-8-12-2-4-15(37-12)25(29)30)35-9-13-3-5-16(38-13)26(31)32/h2-7,14,17-18,27H,8-10H2,1H3/t14-,17-,18-/m1/s1. The number of nitro groups is 2. The summed E-state index contributed by atoms with van der Waals surface area (Å²) in [6.07, 6.45) is -5.69. The topological polar surface area (TPSA) is 222 Å². The van der Waals surface area contributed by atoms with Crippen LogP contribution in [0, 0.1) is 27.2 Å². The Kier molecular flexibility index (Phi) is 8.24. The van der Waals surface area contributed by atoms with Crippen molar-refractivity contribution in [2.45, 2.75) is 44.5 Å².